The molecule has 1 heterocycles. The quantitative estimate of drug-likeness (QED) is 0.879. The molecular formula is C15H21N3O3S. The lowest BCUT2D eigenvalue weighted by atomic mass is 10.3. The maximum absolute atomic E-state index is 12.5. The van der Waals surface area contributed by atoms with Crippen molar-refractivity contribution >= 4 is 10.0 Å². The molecule has 1 N–H and O–H groups in total. The topological polar surface area (TPSA) is 73.2 Å². The van der Waals surface area contributed by atoms with Gasteiger partial charge in [-0.2, -0.15) is 5.10 Å². The van der Waals surface area contributed by atoms with E-state index >= 15 is 0 Å². The lowest BCUT2D eigenvalue weighted by Crippen LogP contribution is -2.37. The maximum Gasteiger partial charge on any atom is 0.244 e. The molecule has 1 aromatic heterocycles. The molecule has 0 saturated carbocycles. The van der Waals surface area contributed by atoms with Gasteiger partial charge in [0.25, 0.3) is 0 Å². The second kappa shape index (κ2) is 6.50. The summed E-state index contributed by atoms with van der Waals surface area (Å²) in [5.41, 5.74) is 1.10. The normalized spacial score (nSPS) is 13.1. The van der Waals surface area contributed by atoms with Gasteiger partial charge in [0, 0.05) is 7.05 Å². The van der Waals surface area contributed by atoms with Crippen molar-refractivity contribution in [2.24, 2.45) is 7.05 Å². The highest BCUT2D eigenvalue weighted by atomic mass is 32.2. The van der Waals surface area contributed by atoms with E-state index in [0.29, 0.717) is 17.1 Å². The largest absolute Gasteiger partial charge is 0.492 e. The van der Waals surface area contributed by atoms with E-state index < -0.39 is 10.0 Å². The maximum atomic E-state index is 12.5. The van der Waals surface area contributed by atoms with Gasteiger partial charge in [-0.3, -0.25) is 4.68 Å². The monoisotopic (exact) mass is 323 g/mol. The Balaban J connectivity index is 2.05. The third-order valence-electron chi connectivity index (χ3n) is 3.31. The van der Waals surface area contributed by atoms with E-state index in [1.807, 2.05) is 30.3 Å². The molecule has 6 nitrogen and oxygen atoms in total. The summed E-state index contributed by atoms with van der Waals surface area (Å²) in [7, 11) is -1.89. The van der Waals surface area contributed by atoms with Crippen molar-refractivity contribution in [3.05, 3.63) is 41.7 Å². The third-order valence-corrected chi connectivity index (χ3v) is 5.15. The standard InChI is InChI=1S/C15H21N3O3S/c1-11(10-21-14-8-6-5-7-9-14)17-22(19,20)15-12(2)16-18(4)13(15)3/h5-9,11,17H,10H2,1-4H3. The number of benzene rings is 1. The SMILES string of the molecule is Cc1nn(C)c(C)c1S(=O)(=O)NC(C)COc1ccccc1. The summed E-state index contributed by atoms with van der Waals surface area (Å²) in [5, 5.41) is 4.14. The predicted molar refractivity (Wildman–Crippen MR) is 84.4 cm³/mol. The fourth-order valence-electron chi connectivity index (χ4n) is 2.24. The van der Waals surface area contributed by atoms with Crippen LogP contribution in [-0.2, 0) is 17.1 Å². The Hall–Kier alpha value is -1.86. The van der Waals surface area contributed by atoms with Crippen molar-refractivity contribution in [1.82, 2.24) is 14.5 Å². The van der Waals surface area contributed by atoms with E-state index in [2.05, 4.69) is 9.82 Å². The summed E-state index contributed by atoms with van der Waals surface area (Å²) in [5.74, 6) is 0.710. The van der Waals surface area contributed by atoms with Crippen molar-refractivity contribution in [1.29, 1.82) is 0 Å². The molecule has 120 valence electrons. The summed E-state index contributed by atoms with van der Waals surface area (Å²) >= 11 is 0. The van der Waals surface area contributed by atoms with Crippen LogP contribution in [0.15, 0.2) is 35.2 Å². The highest BCUT2D eigenvalue weighted by molar-refractivity contribution is 7.89. The van der Waals surface area contributed by atoms with Crippen LogP contribution >= 0.6 is 0 Å². The van der Waals surface area contributed by atoms with E-state index in [4.69, 9.17) is 4.74 Å². The molecule has 1 atom stereocenters. The van der Waals surface area contributed by atoms with E-state index in [1.54, 1.807) is 32.5 Å². The Labute approximate surface area is 131 Å². The van der Waals surface area contributed by atoms with E-state index in [1.165, 1.54) is 0 Å². The predicted octanol–water partition coefficient (Wildman–Crippen LogP) is 1.78. The molecule has 2 rings (SSSR count). The Morgan fingerprint density at radius 1 is 1.27 bits per heavy atom. The van der Waals surface area contributed by atoms with E-state index in [-0.39, 0.29) is 17.5 Å². The summed E-state index contributed by atoms with van der Waals surface area (Å²) in [6.07, 6.45) is 0. The van der Waals surface area contributed by atoms with Crippen LogP contribution < -0.4 is 9.46 Å². The zero-order valence-corrected chi connectivity index (χ0v) is 14.0. The van der Waals surface area contributed by atoms with Crippen molar-refractivity contribution < 1.29 is 13.2 Å². The van der Waals surface area contributed by atoms with Crippen LogP contribution in [0.3, 0.4) is 0 Å². The third kappa shape index (κ3) is 3.66. The highest BCUT2D eigenvalue weighted by Gasteiger charge is 2.25. The van der Waals surface area contributed by atoms with Crippen LogP contribution in [0, 0.1) is 13.8 Å². The summed E-state index contributed by atoms with van der Waals surface area (Å²) in [6.45, 7) is 5.44. The first-order valence-corrected chi connectivity index (χ1v) is 8.50. The molecule has 0 amide bonds. The Morgan fingerprint density at radius 3 is 2.45 bits per heavy atom. The Kier molecular flexibility index (Phi) is 4.87. The van der Waals surface area contributed by atoms with Gasteiger partial charge >= 0.3 is 0 Å². The van der Waals surface area contributed by atoms with Crippen molar-refractivity contribution in [2.45, 2.75) is 31.7 Å². The molecule has 0 aliphatic rings. The molecule has 0 radical (unpaired) electrons. The minimum atomic E-state index is -3.62. The van der Waals surface area contributed by atoms with Gasteiger partial charge in [-0.1, -0.05) is 18.2 Å². The van der Waals surface area contributed by atoms with Crippen LogP contribution in [0.25, 0.3) is 0 Å². The van der Waals surface area contributed by atoms with Gasteiger partial charge in [0.1, 0.15) is 17.3 Å². The average Bonchev–Trinajstić information content (AvgIpc) is 2.71. The lowest BCUT2D eigenvalue weighted by Gasteiger charge is -2.15. The molecular weight excluding hydrogens is 302 g/mol. The number of para-hydroxylation sites is 1. The number of nitrogens with zero attached hydrogens (tertiary/aromatic N) is 2. The number of hydrogen-bond donors (Lipinski definition) is 1. The van der Waals surface area contributed by atoms with Gasteiger partial charge < -0.3 is 4.74 Å². The number of hydrogen-bond acceptors (Lipinski definition) is 4. The Morgan fingerprint density at radius 2 is 1.91 bits per heavy atom. The first-order valence-electron chi connectivity index (χ1n) is 7.01. The molecule has 0 aliphatic heterocycles. The number of nitrogens with one attached hydrogen (secondary N) is 1. The van der Waals surface area contributed by atoms with Gasteiger partial charge in [0.15, 0.2) is 0 Å². The molecule has 7 heteroatoms. The number of ether oxygens (including phenoxy) is 1. The minimum absolute atomic E-state index is 0.238. The van der Waals surface area contributed by atoms with Crippen LogP contribution in [0.5, 0.6) is 5.75 Å². The molecule has 22 heavy (non-hydrogen) atoms. The van der Waals surface area contributed by atoms with E-state index in [9.17, 15) is 8.42 Å². The number of aromatic nitrogens is 2. The van der Waals surface area contributed by atoms with Crippen molar-refractivity contribution in [2.75, 3.05) is 6.61 Å². The van der Waals surface area contributed by atoms with Crippen molar-refractivity contribution in [3.8, 4) is 5.75 Å². The summed E-state index contributed by atoms with van der Waals surface area (Å²) in [4.78, 5) is 0.238. The highest BCUT2D eigenvalue weighted by Crippen LogP contribution is 2.18. The van der Waals surface area contributed by atoms with Crippen molar-refractivity contribution in [3.63, 3.8) is 0 Å². The zero-order valence-electron chi connectivity index (χ0n) is 13.2. The molecule has 2 aromatic rings. The lowest BCUT2D eigenvalue weighted by molar-refractivity contribution is 0.287. The molecule has 0 saturated heterocycles. The molecule has 0 bridgehead atoms. The van der Waals surface area contributed by atoms with Gasteiger partial charge in [0.05, 0.1) is 17.4 Å². The van der Waals surface area contributed by atoms with E-state index in [0.717, 1.165) is 0 Å². The van der Waals surface area contributed by atoms with Crippen LogP contribution in [0.4, 0.5) is 0 Å². The first-order chi connectivity index (χ1) is 10.3. The molecule has 1 aromatic carbocycles. The van der Waals surface area contributed by atoms with Gasteiger partial charge in [0.2, 0.25) is 10.0 Å². The molecule has 0 spiro atoms. The second-order valence-electron chi connectivity index (χ2n) is 5.27. The van der Waals surface area contributed by atoms with Crippen LogP contribution in [-0.4, -0.2) is 30.8 Å². The number of sulfonamides is 1. The molecule has 0 fully saturated rings. The number of rotatable bonds is 6. The van der Waals surface area contributed by atoms with Gasteiger partial charge in [-0.05, 0) is 32.9 Å². The van der Waals surface area contributed by atoms with Gasteiger partial charge in [-0.15, -0.1) is 0 Å². The molecule has 0 aliphatic carbocycles. The minimum Gasteiger partial charge on any atom is -0.492 e. The van der Waals surface area contributed by atoms with Crippen LogP contribution in [0.1, 0.15) is 18.3 Å². The Bertz CT molecular complexity index is 739. The zero-order chi connectivity index (χ0) is 16.3. The van der Waals surface area contributed by atoms with Crippen LogP contribution in [0.2, 0.25) is 0 Å². The summed E-state index contributed by atoms with van der Waals surface area (Å²) in [6, 6.07) is 8.93. The average molecular weight is 323 g/mol. The fraction of sp³-hybridized carbons (Fsp3) is 0.400. The first kappa shape index (κ1) is 16.5. The smallest absolute Gasteiger partial charge is 0.244 e. The second-order valence-corrected chi connectivity index (χ2v) is 6.92. The fourth-order valence-corrected chi connectivity index (χ4v) is 3.91. The molecule has 1 unspecified atom stereocenters. The van der Waals surface area contributed by atoms with Gasteiger partial charge in [-0.25, -0.2) is 13.1 Å². The summed E-state index contributed by atoms with van der Waals surface area (Å²) < 4.78 is 34.7. The number of aryl methyl sites for hydroxylation is 2.